The van der Waals surface area contributed by atoms with E-state index in [1.165, 1.54) is 25.7 Å². The predicted molar refractivity (Wildman–Crippen MR) is 90.5 cm³/mol. The fraction of sp³-hybridized carbons (Fsp3) is 0.632. The van der Waals surface area contributed by atoms with Crippen LogP contribution in [-0.4, -0.2) is 30.1 Å². The van der Waals surface area contributed by atoms with Crippen molar-refractivity contribution in [1.29, 1.82) is 0 Å². The zero-order valence-electron chi connectivity index (χ0n) is 13.9. The number of ether oxygens (including phenoxy) is 1. The van der Waals surface area contributed by atoms with Crippen molar-refractivity contribution >= 4 is 11.8 Å². The number of likely N-dealkylation sites (tertiary alicyclic amines) is 1. The molecule has 1 aromatic rings. The largest absolute Gasteiger partial charge is 0.438 e. The van der Waals surface area contributed by atoms with Crippen LogP contribution >= 0.6 is 0 Å². The maximum atomic E-state index is 12.0. The Morgan fingerprint density at radius 1 is 1.17 bits per heavy atom. The van der Waals surface area contributed by atoms with Crippen LogP contribution in [0.25, 0.3) is 0 Å². The molecule has 1 saturated carbocycles. The number of fused-ring (bicyclic) bond motifs is 2. The molecule has 2 aliphatic heterocycles. The van der Waals surface area contributed by atoms with Gasteiger partial charge in [0.25, 0.3) is 0 Å². The van der Waals surface area contributed by atoms with Gasteiger partial charge in [-0.15, -0.1) is 0 Å². The highest BCUT2D eigenvalue weighted by molar-refractivity contribution is 5.88. The fourth-order valence-corrected chi connectivity index (χ4v) is 4.78. The SMILES string of the molecule is CC1CCCCC1N1CCC2(CC1)OC(=O)Nc1ccccc12. The van der Waals surface area contributed by atoms with Crippen molar-refractivity contribution in [2.75, 3.05) is 18.4 Å². The van der Waals surface area contributed by atoms with E-state index in [1.807, 2.05) is 18.2 Å². The van der Waals surface area contributed by atoms with Gasteiger partial charge in [-0.2, -0.15) is 0 Å². The minimum absolute atomic E-state index is 0.303. The second-order valence-electron chi connectivity index (χ2n) is 7.42. The Balaban J connectivity index is 1.53. The highest BCUT2D eigenvalue weighted by Gasteiger charge is 2.45. The first-order valence-corrected chi connectivity index (χ1v) is 9.01. The molecule has 23 heavy (non-hydrogen) atoms. The Kier molecular flexibility index (Phi) is 3.80. The lowest BCUT2D eigenvalue weighted by molar-refractivity contribution is -0.0536. The molecule has 3 aliphatic rings. The van der Waals surface area contributed by atoms with Gasteiger partial charge in [-0.05, 0) is 24.8 Å². The Hall–Kier alpha value is -1.55. The number of nitrogens with zero attached hydrogens (tertiary/aromatic N) is 1. The summed E-state index contributed by atoms with van der Waals surface area (Å²) < 4.78 is 5.83. The standard InChI is InChI=1S/C19H26N2O2/c1-14-6-2-5-9-17(14)21-12-10-19(11-13-21)15-7-3-4-8-16(15)20-18(22)23-19/h3-4,7-8,14,17H,2,5-6,9-13H2,1H3,(H,20,22). The van der Waals surface area contributed by atoms with Crippen LogP contribution < -0.4 is 5.32 Å². The van der Waals surface area contributed by atoms with Gasteiger partial charge in [0, 0.05) is 37.5 Å². The highest BCUT2D eigenvalue weighted by atomic mass is 16.6. The molecular formula is C19H26N2O2. The number of nitrogens with one attached hydrogen (secondary N) is 1. The smallest absolute Gasteiger partial charge is 0.412 e. The van der Waals surface area contributed by atoms with E-state index in [1.54, 1.807) is 0 Å². The van der Waals surface area contributed by atoms with E-state index < -0.39 is 5.60 Å². The van der Waals surface area contributed by atoms with E-state index in [0.29, 0.717) is 6.04 Å². The topological polar surface area (TPSA) is 41.6 Å². The van der Waals surface area contributed by atoms with Crippen molar-refractivity contribution in [2.45, 2.75) is 57.1 Å². The Morgan fingerprint density at radius 3 is 2.70 bits per heavy atom. The van der Waals surface area contributed by atoms with E-state index in [9.17, 15) is 4.79 Å². The zero-order valence-corrected chi connectivity index (χ0v) is 13.9. The molecule has 1 saturated heterocycles. The maximum Gasteiger partial charge on any atom is 0.412 e. The summed E-state index contributed by atoms with van der Waals surface area (Å²) >= 11 is 0. The summed E-state index contributed by atoms with van der Waals surface area (Å²) in [5, 5.41) is 2.84. The lowest BCUT2D eigenvalue weighted by Gasteiger charge is -2.48. The van der Waals surface area contributed by atoms with Crippen LogP contribution in [-0.2, 0) is 10.3 Å². The quantitative estimate of drug-likeness (QED) is 0.848. The van der Waals surface area contributed by atoms with Crippen molar-refractivity contribution < 1.29 is 9.53 Å². The number of piperidine rings is 1. The molecule has 1 N–H and O–H groups in total. The van der Waals surface area contributed by atoms with Gasteiger partial charge in [-0.25, -0.2) is 4.79 Å². The molecule has 1 aliphatic carbocycles. The molecule has 124 valence electrons. The van der Waals surface area contributed by atoms with Crippen LogP contribution in [0.5, 0.6) is 0 Å². The van der Waals surface area contributed by atoms with Crippen LogP contribution in [0.3, 0.4) is 0 Å². The maximum absolute atomic E-state index is 12.0. The highest BCUT2D eigenvalue weighted by Crippen LogP contribution is 2.44. The molecule has 4 heteroatoms. The molecule has 0 radical (unpaired) electrons. The lowest BCUT2D eigenvalue weighted by Crippen LogP contribution is -2.52. The van der Waals surface area contributed by atoms with Gasteiger partial charge < -0.3 is 4.74 Å². The van der Waals surface area contributed by atoms with Gasteiger partial charge in [0.2, 0.25) is 0 Å². The number of amides is 1. The second kappa shape index (κ2) is 5.82. The van der Waals surface area contributed by atoms with E-state index in [4.69, 9.17) is 4.74 Å². The first kappa shape index (κ1) is 15.0. The molecule has 4 rings (SSSR count). The minimum atomic E-state index is -0.423. The first-order valence-electron chi connectivity index (χ1n) is 9.01. The summed E-state index contributed by atoms with van der Waals surface area (Å²) in [5.74, 6) is 0.792. The molecule has 4 nitrogen and oxygen atoms in total. The van der Waals surface area contributed by atoms with Gasteiger partial charge in [-0.1, -0.05) is 38.0 Å². The van der Waals surface area contributed by atoms with Crippen molar-refractivity contribution in [2.24, 2.45) is 5.92 Å². The van der Waals surface area contributed by atoms with Crippen molar-refractivity contribution in [1.82, 2.24) is 4.90 Å². The Morgan fingerprint density at radius 2 is 1.91 bits per heavy atom. The van der Waals surface area contributed by atoms with E-state index >= 15 is 0 Å². The van der Waals surface area contributed by atoms with E-state index in [0.717, 1.165) is 43.1 Å². The average Bonchev–Trinajstić information content (AvgIpc) is 2.56. The van der Waals surface area contributed by atoms with Crippen LogP contribution in [0.15, 0.2) is 24.3 Å². The minimum Gasteiger partial charge on any atom is -0.438 e. The zero-order chi connectivity index (χ0) is 15.9. The summed E-state index contributed by atoms with van der Waals surface area (Å²) in [4.78, 5) is 14.6. The van der Waals surface area contributed by atoms with Gasteiger partial charge in [0.15, 0.2) is 0 Å². The molecule has 2 unspecified atom stereocenters. The summed E-state index contributed by atoms with van der Waals surface area (Å²) in [6.07, 6.45) is 6.93. The number of hydrogen-bond donors (Lipinski definition) is 1. The molecule has 0 bridgehead atoms. The van der Waals surface area contributed by atoms with Gasteiger partial charge >= 0.3 is 6.09 Å². The number of rotatable bonds is 1. The summed E-state index contributed by atoms with van der Waals surface area (Å²) in [6, 6.07) is 8.81. The first-order chi connectivity index (χ1) is 11.2. The predicted octanol–water partition coefficient (Wildman–Crippen LogP) is 4.12. The Labute approximate surface area is 138 Å². The fourth-order valence-electron chi connectivity index (χ4n) is 4.78. The van der Waals surface area contributed by atoms with Crippen LogP contribution in [0.2, 0.25) is 0 Å². The molecule has 2 atom stereocenters. The molecule has 2 heterocycles. The molecule has 2 fully saturated rings. The van der Waals surface area contributed by atoms with Crippen molar-refractivity contribution in [3.05, 3.63) is 29.8 Å². The lowest BCUT2D eigenvalue weighted by atomic mass is 9.79. The summed E-state index contributed by atoms with van der Waals surface area (Å²) in [5.41, 5.74) is 1.65. The van der Waals surface area contributed by atoms with Crippen LogP contribution in [0.1, 0.15) is 51.0 Å². The number of carbonyl (C=O) groups excluding carboxylic acids is 1. The van der Waals surface area contributed by atoms with Gasteiger partial charge in [0.1, 0.15) is 5.60 Å². The number of para-hydroxylation sites is 1. The third-order valence-electron chi connectivity index (χ3n) is 6.08. The van der Waals surface area contributed by atoms with Crippen LogP contribution in [0, 0.1) is 5.92 Å². The summed E-state index contributed by atoms with van der Waals surface area (Å²) in [6.45, 7) is 4.45. The summed E-state index contributed by atoms with van der Waals surface area (Å²) in [7, 11) is 0. The molecular weight excluding hydrogens is 288 g/mol. The Bertz CT molecular complexity index is 593. The third kappa shape index (κ3) is 2.63. The van der Waals surface area contributed by atoms with Gasteiger partial charge in [-0.3, -0.25) is 10.2 Å². The van der Waals surface area contributed by atoms with Crippen molar-refractivity contribution in [3.8, 4) is 0 Å². The molecule has 0 aromatic heterocycles. The molecule has 1 aromatic carbocycles. The number of carbonyl (C=O) groups is 1. The monoisotopic (exact) mass is 314 g/mol. The second-order valence-corrected chi connectivity index (χ2v) is 7.42. The molecule has 1 spiro atoms. The van der Waals surface area contributed by atoms with Crippen LogP contribution in [0.4, 0.5) is 10.5 Å². The van der Waals surface area contributed by atoms with Crippen molar-refractivity contribution in [3.63, 3.8) is 0 Å². The van der Waals surface area contributed by atoms with E-state index in [2.05, 4.69) is 23.2 Å². The van der Waals surface area contributed by atoms with E-state index in [-0.39, 0.29) is 6.09 Å². The molecule has 1 amide bonds. The number of benzene rings is 1. The van der Waals surface area contributed by atoms with Gasteiger partial charge in [0.05, 0.1) is 5.69 Å². The number of hydrogen-bond acceptors (Lipinski definition) is 3. The average molecular weight is 314 g/mol. The normalized spacial score (nSPS) is 30.4. The number of anilines is 1. The third-order valence-corrected chi connectivity index (χ3v) is 6.08.